The van der Waals surface area contributed by atoms with Gasteiger partial charge in [0.1, 0.15) is 17.6 Å². The van der Waals surface area contributed by atoms with E-state index in [4.69, 9.17) is 10.2 Å². The third kappa shape index (κ3) is 7.48. The van der Waals surface area contributed by atoms with Gasteiger partial charge in [0.05, 0.1) is 17.5 Å². The first kappa shape index (κ1) is 38.3. The molecule has 52 heavy (non-hydrogen) atoms. The highest BCUT2D eigenvalue weighted by molar-refractivity contribution is 7.90. The van der Waals surface area contributed by atoms with Gasteiger partial charge in [-0.05, 0) is 67.3 Å². The van der Waals surface area contributed by atoms with Crippen LogP contribution in [0.3, 0.4) is 0 Å². The molecular formula is C37H45N6O8S+. The standard InChI is InChI=1S/C37H44N6O8S/c1-22(2)30(38)35(46)43(21-11-12-24(43)5)37(48)42(31(23(3)4)32(44)33-40-28-15-9-10-16-29(28)51-33)34(45)25-17-19-26(20-18-25)39-36(47)41-52(49,50)27-13-7-6-8-14-27/h6-10,13-20,22-24,30-32,44H,11-12,21,38H2,1-5H3,(H-,39,41,45,47)/p+1/t24?,30?,31?,32?,43-/m0/s1. The molecule has 1 saturated heterocycles. The van der Waals surface area contributed by atoms with Gasteiger partial charge in [-0.15, -0.1) is 0 Å². The van der Waals surface area contributed by atoms with Crippen molar-refractivity contribution in [3.8, 4) is 0 Å². The average molecular weight is 734 g/mol. The van der Waals surface area contributed by atoms with Gasteiger partial charge in [0.25, 0.3) is 15.9 Å². The van der Waals surface area contributed by atoms with E-state index in [0.717, 1.165) is 4.90 Å². The summed E-state index contributed by atoms with van der Waals surface area (Å²) < 4.78 is 32.3. The predicted molar refractivity (Wildman–Crippen MR) is 193 cm³/mol. The van der Waals surface area contributed by atoms with E-state index >= 15 is 4.79 Å². The summed E-state index contributed by atoms with van der Waals surface area (Å²) in [7, 11) is -4.15. The van der Waals surface area contributed by atoms with Crippen molar-refractivity contribution in [3.05, 3.63) is 90.3 Å². The Morgan fingerprint density at radius 2 is 1.58 bits per heavy atom. The lowest BCUT2D eigenvalue weighted by molar-refractivity contribution is -0.789. The minimum atomic E-state index is -4.15. The molecule has 0 bridgehead atoms. The summed E-state index contributed by atoms with van der Waals surface area (Å²) in [5, 5.41) is 14.3. The van der Waals surface area contributed by atoms with Crippen LogP contribution in [0.1, 0.15) is 69.8 Å². The molecule has 2 heterocycles. The van der Waals surface area contributed by atoms with Crippen LogP contribution in [0.4, 0.5) is 15.3 Å². The van der Waals surface area contributed by atoms with Crippen LogP contribution in [-0.4, -0.2) is 76.4 Å². The number of rotatable bonds is 10. The lowest BCUT2D eigenvalue weighted by Crippen LogP contribution is -2.70. The van der Waals surface area contributed by atoms with Crippen LogP contribution in [0.25, 0.3) is 11.1 Å². The fourth-order valence-corrected chi connectivity index (χ4v) is 7.54. The molecule has 1 fully saturated rings. The van der Waals surface area contributed by atoms with Gasteiger partial charge in [-0.1, -0.05) is 58.0 Å². The maximum absolute atomic E-state index is 15.1. The number of aromatic nitrogens is 1. The van der Waals surface area contributed by atoms with E-state index in [1.165, 1.54) is 48.5 Å². The Hall–Kier alpha value is -4.96. The van der Waals surface area contributed by atoms with Crippen LogP contribution < -0.4 is 15.8 Å². The van der Waals surface area contributed by atoms with Crippen molar-refractivity contribution in [2.45, 2.75) is 76.6 Å². The lowest BCUT2D eigenvalue weighted by atomic mass is 9.95. The third-order valence-electron chi connectivity index (χ3n) is 9.59. The number of fused-ring (bicyclic) bond motifs is 1. The molecule has 1 aromatic heterocycles. The van der Waals surface area contributed by atoms with E-state index in [0.29, 0.717) is 23.9 Å². The average Bonchev–Trinajstić information content (AvgIpc) is 3.73. The van der Waals surface area contributed by atoms with Gasteiger partial charge >= 0.3 is 18.0 Å². The fraction of sp³-hybridized carbons (Fsp3) is 0.378. The number of benzene rings is 3. The number of para-hydroxylation sites is 2. The van der Waals surface area contributed by atoms with Crippen LogP contribution in [-0.2, 0) is 14.8 Å². The van der Waals surface area contributed by atoms with Crippen LogP contribution in [0.5, 0.6) is 0 Å². The number of aliphatic hydroxyl groups is 1. The molecule has 3 aromatic carbocycles. The first-order valence-electron chi connectivity index (χ1n) is 17.2. The van der Waals surface area contributed by atoms with Gasteiger partial charge in [0, 0.05) is 24.1 Å². The minimum absolute atomic E-state index is 0.00256. The third-order valence-corrected chi connectivity index (χ3v) is 10.9. The number of likely N-dealkylation sites (tertiary alicyclic amines) is 1. The van der Waals surface area contributed by atoms with Crippen molar-refractivity contribution >= 4 is 50.7 Å². The Kier molecular flexibility index (Phi) is 11.3. The first-order chi connectivity index (χ1) is 24.6. The highest BCUT2D eigenvalue weighted by atomic mass is 32.2. The number of nitrogens with zero attached hydrogens (tertiary/aromatic N) is 3. The van der Waals surface area contributed by atoms with Crippen LogP contribution >= 0.6 is 0 Å². The number of urea groups is 2. The molecule has 15 heteroatoms. The summed E-state index contributed by atoms with van der Waals surface area (Å²) in [5.41, 5.74) is 7.42. The van der Waals surface area contributed by atoms with Crippen molar-refractivity contribution in [1.29, 1.82) is 0 Å². The van der Waals surface area contributed by atoms with Gasteiger partial charge in [-0.2, -0.15) is 4.48 Å². The van der Waals surface area contributed by atoms with Gasteiger partial charge in [-0.25, -0.2) is 37.4 Å². The largest absolute Gasteiger partial charge is 0.438 e. The minimum Gasteiger partial charge on any atom is -0.438 e. The maximum Gasteiger partial charge on any atom is 0.434 e. The quantitative estimate of drug-likeness (QED) is 0.158. The number of carbonyl (C=O) groups excluding carboxylic acids is 4. The Bertz CT molecular complexity index is 2020. The monoisotopic (exact) mass is 733 g/mol. The fourth-order valence-electron chi connectivity index (χ4n) is 6.61. The van der Waals surface area contributed by atoms with Crippen LogP contribution in [0.2, 0.25) is 0 Å². The van der Waals surface area contributed by atoms with Crippen molar-refractivity contribution in [2.75, 3.05) is 11.9 Å². The predicted octanol–water partition coefficient (Wildman–Crippen LogP) is 5.17. The molecule has 4 aromatic rings. The summed E-state index contributed by atoms with van der Waals surface area (Å²) in [4.78, 5) is 61.9. The molecule has 0 aliphatic carbocycles. The zero-order valence-electron chi connectivity index (χ0n) is 29.7. The number of hydrogen-bond acceptors (Lipinski definition) is 10. The van der Waals surface area contributed by atoms with Gasteiger partial charge in [-0.3, -0.25) is 4.79 Å². The Morgan fingerprint density at radius 1 is 0.942 bits per heavy atom. The zero-order valence-corrected chi connectivity index (χ0v) is 30.5. The van der Waals surface area contributed by atoms with E-state index in [-0.39, 0.29) is 34.5 Å². The van der Waals surface area contributed by atoms with Crippen molar-refractivity contribution in [3.63, 3.8) is 0 Å². The maximum atomic E-state index is 15.1. The van der Waals surface area contributed by atoms with E-state index in [1.54, 1.807) is 65.0 Å². The topological polar surface area (TPSA) is 202 Å². The molecule has 1 aliphatic rings. The van der Waals surface area contributed by atoms with Crippen molar-refractivity contribution in [1.82, 2.24) is 14.6 Å². The lowest BCUT2D eigenvalue weighted by Gasteiger charge is -2.42. The summed E-state index contributed by atoms with van der Waals surface area (Å²) in [6.07, 6.45) is -0.510. The molecule has 6 amide bonds. The number of anilines is 1. The normalized spacial score (nSPS) is 19.3. The number of sulfonamides is 1. The van der Waals surface area contributed by atoms with Crippen LogP contribution in [0.15, 0.2) is 88.2 Å². The number of hydrogen-bond donors (Lipinski definition) is 4. The second-order valence-electron chi connectivity index (χ2n) is 13.8. The Morgan fingerprint density at radius 3 is 2.15 bits per heavy atom. The second kappa shape index (κ2) is 15.3. The summed E-state index contributed by atoms with van der Waals surface area (Å²) >= 11 is 0. The molecule has 5 N–H and O–H groups in total. The number of nitrogens with one attached hydrogen (secondary N) is 2. The van der Waals surface area contributed by atoms with Gasteiger partial charge < -0.3 is 20.6 Å². The van der Waals surface area contributed by atoms with Crippen molar-refractivity contribution in [2.24, 2.45) is 17.6 Å². The number of oxazole rings is 1. The van der Waals surface area contributed by atoms with E-state index in [9.17, 15) is 27.9 Å². The molecule has 276 valence electrons. The van der Waals surface area contributed by atoms with Gasteiger partial charge in [0.15, 0.2) is 11.7 Å². The SMILES string of the molecule is CC(C)C(N)C(=O)[N@+]1(C(=O)N(C(=O)c2ccc(NC(=O)NS(=O)(=O)c3ccccc3)cc2)C(C(C)C)C(O)c2nc3ccccc3o2)CCCC1C. The number of carbonyl (C=O) groups is 4. The molecule has 4 unspecified atom stereocenters. The second-order valence-corrected chi connectivity index (χ2v) is 15.5. The number of quaternary nitrogens is 1. The van der Waals surface area contributed by atoms with Gasteiger partial charge in [0.2, 0.25) is 5.89 Å². The molecule has 1 aliphatic heterocycles. The number of nitrogens with two attached hydrogens (primary N) is 1. The highest BCUT2D eigenvalue weighted by Gasteiger charge is 2.59. The molecule has 5 atom stereocenters. The van der Waals surface area contributed by atoms with E-state index in [2.05, 4.69) is 10.3 Å². The molecule has 14 nitrogen and oxygen atoms in total. The van der Waals surface area contributed by atoms with E-state index in [1.807, 2.05) is 4.72 Å². The molecule has 0 saturated carbocycles. The number of aliphatic hydroxyl groups excluding tert-OH is 1. The Balaban J connectivity index is 1.52. The number of amides is 6. The highest BCUT2D eigenvalue weighted by Crippen LogP contribution is 2.36. The molecule has 0 spiro atoms. The molecule has 0 radical (unpaired) electrons. The summed E-state index contributed by atoms with van der Waals surface area (Å²) in [6.45, 7) is 8.94. The number of imide groups is 2. The smallest absolute Gasteiger partial charge is 0.434 e. The Labute approximate surface area is 302 Å². The van der Waals surface area contributed by atoms with Crippen LogP contribution in [0, 0.1) is 11.8 Å². The van der Waals surface area contributed by atoms with Crippen molar-refractivity contribution < 1.29 is 41.6 Å². The zero-order chi connectivity index (χ0) is 38.0. The molecular weight excluding hydrogens is 689 g/mol. The van der Waals surface area contributed by atoms with E-state index < -0.39 is 68.5 Å². The molecule has 5 rings (SSSR count). The summed E-state index contributed by atoms with van der Waals surface area (Å²) in [5.74, 6) is -2.28. The first-order valence-corrected chi connectivity index (χ1v) is 18.6. The summed E-state index contributed by atoms with van der Waals surface area (Å²) in [6, 6.07) is 15.1.